The van der Waals surface area contributed by atoms with Crippen molar-refractivity contribution in [1.29, 1.82) is 0 Å². The third kappa shape index (κ3) is 4.50. The Morgan fingerprint density at radius 2 is 1.95 bits per heavy atom. The van der Waals surface area contributed by atoms with E-state index in [0.717, 1.165) is 11.0 Å². The van der Waals surface area contributed by atoms with E-state index < -0.39 is 21.5 Å². The van der Waals surface area contributed by atoms with Crippen molar-refractivity contribution < 1.29 is 18.3 Å². The molecule has 6 heteroatoms. The van der Waals surface area contributed by atoms with E-state index in [2.05, 4.69) is 4.72 Å². The summed E-state index contributed by atoms with van der Waals surface area (Å²) in [6.45, 7) is 2.95. The minimum atomic E-state index is -3.81. The number of carboxylic acids is 1. The Morgan fingerprint density at radius 3 is 2.42 bits per heavy atom. The van der Waals surface area contributed by atoms with Crippen molar-refractivity contribution in [2.45, 2.75) is 25.8 Å². The Kier molecular flexibility index (Phi) is 4.85. The Balaban J connectivity index is 2.89. The van der Waals surface area contributed by atoms with E-state index in [0.29, 0.717) is 0 Å². The van der Waals surface area contributed by atoms with Gasteiger partial charge in [-0.3, -0.25) is 4.79 Å². The second-order valence-corrected chi connectivity index (χ2v) is 5.92. The van der Waals surface area contributed by atoms with Crippen LogP contribution in [0.5, 0.6) is 0 Å². The van der Waals surface area contributed by atoms with Crippen LogP contribution in [0.25, 0.3) is 6.08 Å². The van der Waals surface area contributed by atoms with E-state index in [4.69, 9.17) is 5.11 Å². The fourth-order valence-electron chi connectivity index (χ4n) is 1.35. The van der Waals surface area contributed by atoms with Gasteiger partial charge < -0.3 is 5.11 Å². The summed E-state index contributed by atoms with van der Waals surface area (Å²) >= 11 is 0. The van der Waals surface area contributed by atoms with Crippen molar-refractivity contribution in [3.8, 4) is 0 Å². The van der Waals surface area contributed by atoms with Crippen molar-refractivity contribution in [3.63, 3.8) is 0 Å². The molecule has 1 aromatic carbocycles. The number of sulfonamides is 1. The average Bonchev–Trinajstić information content (AvgIpc) is 2.37. The molecular formula is C13H17NO4S. The first-order valence-electron chi connectivity index (χ1n) is 5.79. The van der Waals surface area contributed by atoms with Gasteiger partial charge in [0.25, 0.3) is 0 Å². The molecule has 0 heterocycles. The zero-order chi connectivity index (χ0) is 14.5. The van der Waals surface area contributed by atoms with Crippen LogP contribution in [0, 0.1) is 0 Å². The predicted molar refractivity (Wildman–Crippen MR) is 73.9 cm³/mol. The van der Waals surface area contributed by atoms with Crippen LogP contribution in [0.4, 0.5) is 0 Å². The molecular weight excluding hydrogens is 266 g/mol. The van der Waals surface area contributed by atoms with Crippen molar-refractivity contribution in [2.24, 2.45) is 0 Å². The van der Waals surface area contributed by atoms with E-state index in [9.17, 15) is 13.2 Å². The molecule has 0 bridgehead atoms. The lowest BCUT2D eigenvalue weighted by molar-refractivity contribution is -0.143. The maximum absolute atomic E-state index is 11.8. The number of hydrogen-bond acceptors (Lipinski definition) is 3. The molecule has 0 fully saturated rings. The summed E-state index contributed by atoms with van der Waals surface area (Å²) in [5.74, 6) is -1.20. The second-order valence-electron chi connectivity index (χ2n) is 4.35. The lowest BCUT2D eigenvalue weighted by atomic mass is 10.0. The lowest BCUT2D eigenvalue weighted by Crippen LogP contribution is -2.50. The molecule has 1 rings (SSSR count). The Bertz CT molecular complexity index is 566. The van der Waals surface area contributed by atoms with Gasteiger partial charge in [0.1, 0.15) is 5.54 Å². The van der Waals surface area contributed by atoms with Crippen LogP contribution in [0.3, 0.4) is 0 Å². The summed E-state index contributed by atoms with van der Waals surface area (Å²) < 4.78 is 25.8. The van der Waals surface area contributed by atoms with Crippen LogP contribution in [0.15, 0.2) is 35.7 Å². The summed E-state index contributed by atoms with van der Waals surface area (Å²) in [5.41, 5.74) is -0.777. The van der Waals surface area contributed by atoms with Crippen molar-refractivity contribution in [2.75, 3.05) is 0 Å². The van der Waals surface area contributed by atoms with Crippen molar-refractivity contribution in [1.82, 2.24) is 4.72 Å². The summed E-state index contributed by atoms with van der Waals surface area (Å²) in [4.78, 5) is 11.1. The largest absolute Gasteiger partial charge is 0.480 e. The Hall–Kier alpha value is -1.66. The molecule has 104 valence electrons. The van der Waals surface area contributed by atoms with E-state index in [1.165, 1.54) is 13.0 Å². The summed E-state index contributed by atoms with van der Waals surface area (Å²) in [5, 5.41) is 10.0. The molecule has 0 radical (unpaired) electrons. The zero-order valence-electron chi connectivity index (χ0n) is 10.8. The van der Waals surface area contributed by atoms with E-state index in [-0.39, 0.29) is 6.42 Å². The molecule has 1 aromatic rings. The number of carbonyl (C=O) groups is 1. The van der Waals surface area contributed by atoms with Crippen LogP contribution in [0.2, 0.25) is 0 Å². The summed E-state index contributed by atoms with van der Waals surface area (Å²) in [7, 11) is -3.81. The molecule has 0 amide bonds. The number of hydrogen-bond donors (Lipinski definition) is 2. The number of nitrogens with one attached hydrogen (secondary N) is 1. The van der Waals surface area contributed by atoms with Crippen LogP contribution in [-0.2, 0) is 14.8 Å². The smallest absolute Gasteiger partial charge is 0.324 e. The topological polar surface area (TPSA) is 83.5 Å². The normalized spacial score (nSPS) is 15.3. The van der Waals surface area contributed by atoms with Crippen LogP contribution in [-0.4, -0.2) is 25.0 Å². The summed E-state index contributed by atoms with van der Waals surface area (Å²) in [6, 6.07) is 8.90. The number of rotatable bonds is 6. The van der Waals surface area contributed by atoms with E-state index in [1.807, 2.05) is 6.07 Å². The van der Waals surface area contributed by atoms with E-state index >= 15 is 0 Å². The third-order valence-corrected chi connectivity index (χ3v) is 4.02. The highest BCUT2D eigenvalue weighted by Crippen LogP contribution is 2.12. The quantitative estimate of drug-likeness (QED) is 0.834. The van der Waals surface area contributed by atoms with Crippen LogP contribution < -0.4 is 4.72 Å². The molecule has 0 aliphatic rings. The minimum absolute atomic E-state index is 0.154. The molecule has 0 saturated carbocycles. The highest BCUT2D eigenvalue weighted by molar-refractivity contribution is 7.92. The van der Waals surface area contributed by atoms with Gasteiger partial charge in [0.05, 0.1) is 0 Å². The average molecular weight is 283 g/mol. The standard InChI is InChI=1S/C13H17NO4S/c1-3-13(2,12(15)16)14-19(17,18)10-9-11-7-5-4-6-8-11/h4-10,14H,3H2,1-2H3,(H,15,16). The Morgan fingerprint density at radius 1 is 1.37 bits per heavy atom. The molecule has 0 saturated heterocycles. The number of aliphatic carboxylic acids is 1. The number of benzene rings is 1. The van der Waals surface area contributed by atoms with Crippen LogP contribution >= 0.6 is 0 Å². The molecule has 0 aromatic heterocycles. The van der Waals surface area contributed by atoms with Gasteiger partial charge in [-0.2, -0.15) is 4.72 Å². The zero-order valence-corrected chi connectivity index (χ0v) is 11.6. The molecule has 0 aliphatic carbocycles. The van der Waals surface area contributed by atoms with Crippen molar-refractivity contribution >= 4 is 22.1 Å². The molecule has 5 nitrogen and oxygen atoms in total. The first-order valence-corrected chi connectivity index (χ1v) is 7.34. The predicted octanol–water partition coefficient (Wildman–Crippen LogP) is 1.83. The monoisotopic (exact) mass is 283 g/mol. The van der Waals surface area contributed by atoms with Gasteiger partial charge in [-0.25, -0.2) is 8.42 Å². The Labute approximate surface area is 113 Å². The van der Waals surface area contributed by atoms with Gasteiger partial charge in [-0.15, -0.1) is 0 Å². The molecule has 0 spiro atoms. The molecule has 1 atom stereocenters. The molecule has 2 N–H and O–H groups in total. The van der Waals surface area contributed by atoms with Gasteiger partial charge >= 0.3 is 5.97 Å². The number of carboxylic acid groups (broad SMARTS) is 1. The van der Waals surface area contributed by atoms with Gasteiger partial charge in [0.2, 0.25) is 10.0 Å². The van der Waals surface area contributed by atoms with Crippen molar-refractivity contribution in [3.05, 3.63) is 41.3 Å². The van der Waals surface area contributed by atoms with E-state index in [1.54, 1.807) is 31.2 Å². The van der Waals surface area contributed by atoms with Gasteiger partial charge in [0, 0.05) is 5.41 Å². The van der Waals surface area contributed by atoms with Gasteiger partial charge in [0.15, 0.2) is 0 Å². The highest BCUT2D eigenvalue weighted by Gasteiger charge is 2.34. The highest BCUT2D eigenvalue weighted by atomic mass is 32.2. The SMILES string of the molecule is CCC(C)(NS(=O)(=O)C=Cc1ccccc1)C(=O)O. The third-order valence-electron chi connectivity index (χ3n) is 2.79. The second kappa shape index (κ2) is 5.99. The minimum Gasteiger partial charge on any atom is -0.480 e. The molecule has 19 heavy (non-hydrogen) atoms. The summed E-state index contributed by atoms with van der Waals surface area (Å²) in [6.07, 6.45) is 1.57. The first kappa shape index (κ1) is 15.4. The van der Waals surface area contributed by atoms with Gasteiger partial charge in [-0.1, -0.05) is 37.3 Å². The first-order chi connectivity index (χ1) is 8.79. The molecule has 0 aliphatic heterocycles. The van der Waals surface area contributed by atoms with Crippen LogP contribution in [0.1, 0.15) is 25.8 Å². The fourth-order valence-corrected chi connectivity index (χ4v) is 2.61. The lowest BCUT2D eigenvalue weighted by Gasteiger charge is -2.23. The fraction of sp³-hybridized carbons (Fsp3) is 0.308. The molecule has 1 unspecified atom stereocenters. The van der Waals surface area contributed by atoms with Gasteiger partial charge in [-0.05, 0) is 25.0 Å². The maximum Gasteiger partial charge on any atom is 0.324 e. The maximum atomic E-state index is 11.8.